The number of nitrogens with one attached hydrogen (secondary N) is 2. The zero-order valence-corrected chi connectivity index (χ0v) is 16.8. The summed E-state index contributed by atoms with van der Waals surface area (Å²) in [5.74, 6) is 0.947. The Morgan fingerprint density at radius 1 is 1.11 bits per heavy atom. The summed E-state index contributed by atoms with van der Waals surface area (Å²) in [5, 5.41) is 5.74. The van der Waals surface area contributed by atoms with Crippen LogP contribution in [-0.2, 0) is 9.59 Å². The van der Waals surface area contributed by atoms with E-state index < -0.39 is 0 Å². The van der Waals surface area contributed by atoms with Gasteiger partial charge in [-0.3, -0.25) is 9.59 Å². The second kappa shape index (κ2) is 6.69. The Bertz CT molecular complexity index is 732. The maximum atomic E-state index is 13.0. The molecule has 4 aliphatic rings. The van der Waals surface area contributed by atoms with Gasteiger partial charge in [0.2, 0.25) is 11.8 Å². The summed E-state index contributed by atoms with van der Waals surface area (Å²) in [6.45, 7) is 0.000629. The molecule has 27 heavy (non-hydrogen) atoms. The Morgan fingerprint density at radius 2 is 1.74 bits per heavy atom. The SMILES string of the molecule is CN(C)c1ccc(NC(=O)CNC(=O)C23C[C@H]4C[C@@H](CC(Cl)(C4)C2)C3)cc1. The van der Waals surface area contributed by atoms with E-state index in [1.807, 2.05) is 43.3 Å². The van der Waals surface area contributed by atoms with Crippen molar-refractivity contribution in [3.8, 4) is 0 Å². The molecule has 1 aromatic rings. The average Bonchev–Trinajstić information content (AvgIpc) is 2.58. The lowest BCUT2D eigenvalue weighted by atomic mass is 9.49. The van der Waals surface area contributed by atoms with Crippen LogP contribution in [-0.4, -0.2) is 37.3 Å². The summed E-state index contributed by atoms with van der Waals surface area (Å²) in [6.07, 6.45) is 5.92. The number of anilines is 2. The van der Waals surface area contributed by atoms with Gasteiger partial charge in [0.15, 0.2) is 0 Å². The van der Waals surface area contributed by atoms with Crippen molar-refractivity contribution in [1.82, 2.24) is 5.32 Å². The number of amides is 2. The van der Waals surface area contributed by atoms with Crippen molar-refractivity contribution in [1.29, 1.82) is 0 Å². The molecule has 0 aromatic heterocycles. The maximum absolute atomic E-state index is 13.0. The zero-order chi connectivity index (χ0) is 19.2. The molecule has 5 rings (SSSR count). The molecule has 5 nitrogen and oxygen atoms in total. The smallest absolute Gasteiger partial charge is 0.243 e. The van der Waals surface area contributed by atoms with Crippen molar-refractivity contribution >= 4 is 34.8 Å². The lowest BCUT2D eigenvalue weighted by Crippen LogP contribution is -2.58. The van der Waals surface area contributed by atoms with Crippen molar-refractivity contribution in [3.05, 3.63) is 24.3 Å². The van der Waals surface area contributed by atoms with E-state index in [9.17, 15) is 9.59 Å². The first-order valence-electron chi connectivity index (χ1n) is 9.81. The molecular weight excluding hydrogens is 362 g/mol. The summed E-state index contributed by atoms with van der Waals surface area (Å²) < 4.78 is 0. The first kappa shape index (κ1) is 18.6. The largest absolute Gasteiger partial charge is 0.378 e. The van der Waals surface area contributed by atoms with E-state index in [1.165, 1.54) is 6.42 Å². The molecule has 4 saturated carbocycles. The summed E-state index contributed by atoms with van der Waals surface area (Å²) in [4.78, 5) is 27.0. The Labute approximate surface area is 165 Å². The minimum Gasteiger partial charge on any atom is -0.378 e. The Kier molecular flexibility index (Phi) is 4.61. The van der Waals surface area contributed by atoms with Gasteiger partial charge in [0.1, 0.15) is 0 Å². The van der Waals surface area contributed by atoms with Gasteiger partial charge in [0, 0.05) is 30.3 Å². The Balaban J connectivity index is 1.33. The number of benzene rings is 1. The minimum absolute atomic E-state index is 0.000629. The maximum Gasteiger partial charge on any atom is 0.243 e. The molecule has 2 amide bonds. The quantitative estimate of drug-likeness (QED) is 0.759. The van der Waals surface area contributed by atoms with E-state index in [-0.39, 0.29) is 28.6 Å². The molecule has 146 valence electrons. The Morgan fingerprint density at radius 3 is 2.30 bits per heavy atom. The minimum atomic E-state index is -0.362. The van der Waals surface area contributed by atoms with E-state index in [2.05, 4.69) is 10.6 Å². The van der Waals surface area contributed by atoms with Gasteiger partial charge in [-0.05, 0) is 74.6 Å². The van der Waals surface area contributed by atoms with Gasteiger partial charge in [-0.1, -0.05) is 0 Å². The van der Waals surface area contributed by atoms with Gasteiger partial charge in [0.25, 0.3) is 0 Å². The fraction of sp³-hybridized carbons (Fsp3) is 0.619. The fourth-order valence-electron chi connectivity index (χ4n) is 5.81. The van der Waals surface area contributed by atoms with E-state index in [0.29, 0.717) is 11.8 Å². The van der Waals surface area contributed by atoms with Crippen molar-refractivity contribution in [2.75, 3.05) is 30.9 Å². The molecule has 6 heteroatoms. The van der Waals surface area contributed by atoms with E-state index in [4.69, 9.17) is 11.6 Å². The van der Waals surface area contributed by atoms with Crippen LogP contribution in [0.5, 0.6) is 0 Å². The van der Waals surface area contributed by atoms with Crippen LogP contribution in [0, 0.1) is 17.3 Å². The zero-order valence-electron chi connectivity index (χ0n) is 16.1. The predicted octanol–water partition coefficient (Wildman–Crippen LogP) is 3.39. The van der Waals surface area contributed by atoms with Gasteiger partial charge < -0.3 is 15.5 Å². The van der Waals surface area contributed by atoms with Crippen LogP contribution >= 0.6 is 11.6 Å². The summed E-state index contributed by atoms with van der Waals surface area (Å²) in [7, 11) is 3.94. The third-order valence-corrected chi connectivity index (χ3v) is 6.99. The molecule has 2 atom stereocenters. The molecule has 4 bridgehead atoms. The molecular formula is C21H28ClN3O2. The molecule has 0 heterocycles. The lowest BCUT2D eigenvalue weighted by molar-refractivity contribution is -0.145. The molecule has 0 spiro atoms. The molecule has 1 aromatic carbocycles. The summed E-state index contributed by atoms with van der Waals surface area (Å²) in [5.41, 5.74) is 1.44. The number of hydrogen-bond acceptors (Lipinski definition) is 3. The van der Waals surface area contributed by atoms with Crippen LogP contribution in [0.25, 0.3) is 0 Å². The van der Waals surface area contributed by atoms with Gasteiger partial charge in [-0.15, -0.1) is 11.6 Å². The molecule has 0 aliphatic heterocycles. The van der Waals surface area contributed by atoms with Crippen LogP contribution in [0.15, 0.2) is 24.3 Å². The number of nitrogens with zero attached hydrogens (tertiary/aromatic N) is 1. The molecule has 0 unspecified atom stereocenters. The first-order valence-corrected chi connectivity index (χ1v) is 10.2. The van der Waals surface area contributed by atoms with E-state index in [0.717, 1.165) is 43.5 Å². The summed E-state index contributed by atoms with van der Waals surface area (Å²) in [6, 6.07) is 7.63. The molecule has 4 aliphatic carbocycles. The topological polar surface area (TPSA) is 61.4 Å². The van der Waals surface area contributed by atoms with E-state index in [1.54, 1.807) is 0 Å². The fourth-order valence-corrected chi connectivity index (χ4v) is 6.50. The van der Waals surface area contributed by atoms with Crippen molar-refractivity contribution in [2.24, 2.45) is 17.3 Å². The highest BCUT2D eigenvalue weighted by Crippen LogP contribution is 2.63. The molecule has 0 radical (unpaired) electrons. The summed E-state index contributed by atoms with van der Waals surface area (Å²) >= 11 is 6.81. The first-order chi connectivity index (χ1) is 12.8. The normalized spacial score (nSPS) is 33.6. The highest BCUT2D eigenvalue weighted by molar-refractivity contribution is 6.24. The highest BCUT2D eigenvalue weighted by atomic mass is 35.5. The van der Waals surface area contributed by atoms with Crippen LogP contribution in [0.4, 0.5) is 11.4 Å². The number of carbonyl (C=O) groups is 2. The number of carbonyl (C=O) groups excluding carboxylic acids is 2. The predicted molar refractivity (Wildman–Crippen MR) is 108 cm³/mol. The second-order valence-electron chi connectivity index (χ2n) is 9.06. The molecule has 0 saturated heterocycles. The van der Waals surface area contributed by atoms with Crippen LogP contribution in [0.3, 0.4) is 0 Å². The van der Waals surface area contributed by atoms with E-state index >= 15 is 0 Å². The van der Waals surface area contributed by atoms with Crippen LogP contribution in [0.1, 0.15) is 38.5 Å². The molecule has 4 fully saturated rings. The highest BCUT2D eigenvalue weighted by Gasteiger charge is 2.60. The van der Waals surface area contributed by atoms with Gasteiger partial charge in [0.05, 0.1) is 12.0 Å². The van der Waals surface area contributed by atoms with Crippen molar-refractivity contribution in [3.63, 3.8) is 0 Å². The van der Waals surface area contributed by atoms with Crippen LogP contribution < -0.4 is 15.5 Å². The van der Waals surface area contributed by atoms with Crippen molar-refractivity contribution < 1.29 is 9.59 Å². The Hall–Kier alpha value is -1.75. The lowest BCUT2D eigenvalue weighted by Gasteiger charge is -2.59. The van der Waals surface area contributed by atoms with Gasteiger partial charge in [-0.2, -0.15) is 0 Å². The number of rotatable bonds is 5. The third-order valence-electron chi connectivity index (χ3n) is 6.55. The number of hydrogen-bond donors (Lipinski definition) is 2. The van der Waals surface area contributed by atoms with Crippen molar-refractivity contribution in [2.45, 2.75) is 43.4 Å². The van der Waals surface area contributed by atoms with Crippen LogP contribution in [0.2, 0.25) is 0 Å². The third kappa shape index (κ3) is 3.66. The second-order valence-corrected chi connectivity index (χ2v) is 9.87. The monoisotopic (exact) mass is 389 g/mol. The standard InChI is InChI=1S/C21H28ClN3O2/c1-25(2)17-5-3-16(4-6-17)24-18(26)12-23-19(27)20-8-14-7-15(9-20)11-21(22,10-14)13-20/h3-6,14-15H,7-13H2,1-2H3,(H,23,27)(H,24,26)/t14-,15-,20?,21?/m1/s1. The number of halogens is 1. The van der Waals surface area contributed by atoms with Gasteiger partial charge in [-0.25, -0.2) is 0 Å². The van der Waals surface area contributed by atoms with Gasteiger partial charge >= 0.3 is 0 Å². The number of alkyl halides is 1. The molecule has 2 N–H and O–H groups in total. The average molecular weight is 390 g/mol.